The van der Waals surface area contributed by atoms with E-state index >= 15 is 0 Å². The van der Waals surface area contributed by atoms with Crippen LogP contribution in [0, 0.1) is 0 Å². The molecule has 0 unspecified atom stereocenters. The van der Waals surface area contributed by atoms with E-state index in [9.17, 15) is 0 Å². The van der Waals surface area contributed by atoms with Crippen LogP contribution in [0.15, 0.2) is 121 Å². The maximum atomic E-state index is 2.65. The summed E-state index contributed by atoms with van der Waals surface area (Å²) in [6.07, 6.45) is 0. The molecule has 0 radical (unpaired) electrons. The SMILES string of the molecule is CC(C)(C)c1cc(N2c3ccccc3B3c4cc5c6cc(C(C)(C)C)cc7c8cc(C(C)(C)C)ccc8n(c5cc4N(c4cc(C(C)(C)C)cc(C(C)(C)C)c4)c4cccc2c43)c76)cc(C(C)(C)C)c1. The summed E-state index contributed by atoms with van der Waals surface area (Å²) in [5.41, 5.74) is 23.3. The third-order valence-corrected chi connectivity index (χ3v) is 16.0. The van der Waals surface area contributed by atoms with Crippen molar-refractivity contribution in [1.29, 1.82) is 0 Å². The van der Waals surface area contributed by atoms with Crippen molar-refractivity contribution in [2.75, 3.05) is 9.80 Å². The third kappa shape index (κ3) is 7.12. The van der Waals surface area contributed by atoms with E-state index in [1.165, 1.54) is 122 Å². The molecule has 0 atom stereocenters. The van der Waals surface area contributed by atoms with Crippen molar-refractivity contribution in [3.8, 4) is 0 Å². The van der Waals surface area contributed by atoms with E-state index in [1.54, 1.807) is 0 Å². The second-order valence-corrected chi connectivity index (χ2v) is 27.3. The van der Waals surface area contributed by atoms with Crippen LogP contribution in [-0.4, -0.2) is 11.1 Å². The minimum Gasteiger partial charge on any atom is -0.311 e. The molecule has 0 N–H and O–H groups in total. The van der Waals surface area contributed by atoms with Gasteiger partial charge in [-0.2, -0.15) is 0 Å². The molecule has 3 nitrogen and oxygen atoms in total. The number of anilines is 6. The quantitative estimate of drug-likeness (QED) is 0.160. The summed E-state index contributed by atoms with van der Waals surface area (Å²) in [6.45, 7) is 42.3. The Kier molecular flexibility index (Phi) is 9.80. The van der Waals surface area contributed by atoms with Gasteiger partial charge in [0.05, 0.1) is 16.6 Å². The normalized spacial score (nSPS) is 14.6. The lowest BCUT2D eigenvalue weighted by atomic mass is 9.33. The molecule has 2 aromatic heterocycles. The topological polar surface area (TPSA) is 10.9 Å². The molecule has 7 aromatic carbocycles. The molecular formula is C66H74BN3. The van der Waals surface area contributed by atoms with Crippen LogP contribution in [0.2, 0.25) is 0 Å². The molecular weight excluding hydrogens is 846 g/mol. The van der Waals surface area contributed by atoms with E-state index in [0.29, 0.717) is 0 Å². The molecule has 0 saturated carbocycles. The fraction of sp³-hybridized carbons (Fsp3) is 0.364. The smallest absolute Gasteiger partial charge is 0.252 e. The van der Waals surface area contributed by atoms with Crippen molar-refractivity contribution in [1.82, 2.24) is 4.40 Å². The predicted octanol–water partition coefficient (Wildman–Crippen LogP) is 16.7. The second-order valence-electron chi connectivity index (χ2n) is 27.3. The van der Waals surface area contributed by atoms with Crippen molar-refractivity contribution in [3.63, 3.8) is 0 Å². The summed E-state index contributed by atoms with van der Waals surface area (Å²) in [6, 6.07) is 48.7. The average Bonchev–Trinajstić information content (AvgIpc) is 3.77. The third-order valence-electron chi connectivity index (χ3n) is 16.0. The predicted molar refractivity (Wildman–Crippen MR) is 307 cm³/mol. The number of benzene rings is 7. The zero-order valence-electron chi connectivity index (χ0n) is 45.5. The first-order valence-corrected chi connectivity index (χ1v) is 26.0. The molecule has 4 heterocycles. The van der Waals surface area contributed by atoms with Gasteiger partial charge < -0.3 is 14.2 Å². The fourth-order valence-electron chi connectivity index (χ4n) is 11.6. The van der Waals surface area contributed by atoms with Gasteiger partial charge in [-0.1, -0.05) is 173 Å². The van der Waals surface area contributed by atoms with Gasteiger partial charge in [0.2, 0.25) is 0 Å². The minimum atomic E-state index is -0.0578. The summed E-state index contributed by atoms with van der Waals surface area (Å²) in [5, 5.41) is 5.34. The molecule has 0 spiro atoms. The number of fused-ring (bicyclic) bond motifs is 10. The van der Waals surface area contributed by atoms with Gasteiger partial charge >= 0.3 is 0 Å². The van der Waals surface area contributed by atoms with Gasteiger partial charge in [-0.3, -0.25) is 0 Å². The van der Waals surface area contributed by atoms with E-state index in [4.69, 9.17) is 0 Å². The zero-order valence-corrected chi connectivity index (χ0v) is 45.5. The highest BCUT2D eigenvalue weighted by Gasteiger charge is 2.44. The van der Waals surface area contributed by atoms with E-state index < -0.39 is 0 Å². The van der Waals surface area contributed by atoms with Crippen LogP contribution < -0.4 is 26.2 Å². The van der Waals surface area contributed by atoms with Crippen molar-refractivity contribution in [3.05, 3.63) is 155 Å². The summed E-state index contributed by atoms with van der Waals surface area (Å²) in [7, 11) is 0. The van der Waals surface area contributed by atoms with Gasteiger partial charge in [-0.25, -0.2) is 0 Å². The lowest BCUT2D eigenvalue weighted by molar-refractivity contribution is 0.568. The summed E-state index contributed by atoms with van der Waals surface area (Å²) in [4.78, 5) is 5.25. The Bertz CT molecular complexity index is 3550. The molecule has 11 rings (SSSR count). The Morgan fingerprint density at radius 3 is 1.21 bits per heavy atom. The Labute approximate surface area is 419 Å². The Morgan fingerprint density at radius 2 is 0.729 bits per heavy atom. The first-order valence-electron chi connectivity index (χ1n) is 26.0. The lowest BCUT2D eigenvalue weighted by Crippen LogP contribution is -2.61. The number of hydrogen-bond donors (Lipinski definition) is 0. The highest BCUT2D eigenvalue weighted by Crippen LogP contribution is 2.50. The second kappa shape index (κ2) is 14.8. The molecule has 4 heteroatoms. The van der Waals surface area contributed by atoms with Gasteiger partial charge in [-0.05, 0) is 155 Å². The van der Waals surface area contributed by atoms with Crippen molar-refractivity contribution in [2.24, 2.45) is 0 Å². The van der Waals surface area contributed by atoms with Crippen LogP contribution in [0.25, 0.3) is 38.1 Å². The van der Waals surface area contributed by atoms with E-state index in [2.05, 4.69) is 260 Å². The Morgan fingerprint density at radius 1 is 0.314 bits per heavy atom. The van der Waals surface area contributed by atoms with E-state index in [-0.39, 0.29) is 39.2 Å². The average molecular weight is 920 g/mol. The maximum Gasteiger partial charge on any atom is 0.252 e. The van der Waals surface area contributed by atoms with Crippen molar-refractivity contribution >= 4 is 95.3 Å². The standard InChI is InChI=1S/C66H74BN3/c1-61(2,3)39-26-27-53-47(34-39)49-35-44(66(16,17)18)36-50-48-37-52-58(38-57(48)70(53)60(49)50)69(46-32-42(64(10,11)12)29-43(33-46)65(13,14)15)56-25-21-24-55-59(56)67(52)51-22-19-20-23-54(51)68(55)45-30-40(62(4,5)6)28-41(31-45)63(7,8)9/h19-38H,1-18H3. The number of hydrogen-bond acceptors (Lipinski definition) is 2. The molecule has 70 heavy (non-hydrogen) atoms. The van der Waals surface area contributed by atoms with Crippen LogP contribution in [0.5, 0.6) is 0 Å². The molecule has 9 aromatic rings. The van der Waals surface area contributed by atoms with Crippen LogP contribution in [-0.2, 0) is 32.5 Å². The molecule has 356 valence electrons. The molecule has 0 fully saturated rings. The fourth-order valence-corrected chi connectivity index (χ4v) is 11.6. The summed E-state index contributed by atoms with van der Waals surface area (Å²) < 4.78 is 2.61. The highest BCUT2D eigenvalue weighted by atomic mass is 15.2. The minimum absolute atomic E-state index is 0.00307. The highest BCUT2D eigenvalue weighted by molar-refractivity contribution is 7.00. The van der Waals surface area contributed by atoms with Crippen LogP contribution in [0.1, 0.15) is 158 Å². The molecule has 2 aliphatic heterocycles. The maximum absolute atomic E-state index is 2.65. The molecule has 0 saturated heterocycles. The van der Waals surface area contributed by atoms with Crippen molar-refractivity contribution in [2.45, 2.75) is 157 Å². The van der Waals surface area contributed by atoms with Crippen molar-refractivity contribution < 1.29 is 0 Å². The van der Waals surface area contributed by atoms with Crippen LogP contribution in [0.3, 0.4) is 0 Å². The zero-order chi connectivity index (χ0) is 50.2. The monoisotopic (exact) mass is 920 g/mol. The van der Waals surface area contributed by atoms with Gasteiger partial charge in [-0.15, -0.1) is 0 Å². The summed E-state index contributed by atoms with van der Waals surface area (Å²) >= 11 is 0. The van der Waals surface area contributed by atoms with Gasteiger partial charge in [0.1, 0.15) is 0 Å². The first-order chi connectivity index (χ1) is 32.5. The molecule has 0 amide bonds. The number of aromatic nitrogens is 1. The Balaban J connectivity index is 1.29. The van der Waals surface area contributed by atoms with Gasteiger partial charge in [0.15, 0.2) is 0 Å². The molecule has 2 aliphatic rings. The van der Waals surface area contributed by atoms with E-state index in [1.807, 2.05) is 0 Å². The van der Waals surface area contributed by atoms with E-state index in [0.717, 1.165) is 0 Å². The number of rotatable bonds is 2. The Hall–Kier alpha value is -6.00. The lowest BCUT2D eigenvalue weighted by Gasteiger charge is -2.44. The van der Waals surface area contributed by atoms with Crippen LogP contribution in [0.4, 0.5) is 34.1 Å². The number of para-hydroxylation sites is 1. The summed E-state index contributed by atoms with van der Waals surface area (Å²) in [5.74, 6) is 0. The largest absolute Gasteiger partial charge is 0.311 e. The molecule has 0 bridgehead atoms. The van der Waals surface area contributed by atoms with Crippen LogP contribution >= 0.6 is 0 Å². The van der Waals surface area contributed by atoms with Gasteiger partial charge in [0.25, 0.3) is 6.71 Å². The molecule has 0 aliphatic carbocycles. The first kappa shape index (κ1) is 46.4. The van der Waals surface area contributed by atoms with Gasteiger partial charge in [0, 0.05) is 55.7 Å². The number of nitrogens with zero attached hydrogens (tertiary/aromatic N) is 3.